The number of fused-ring (bicyclic) bond motifs is 5. The maximum Gasteiger partial charge on any atom is 0.331 e. The SMILES string of the molecule is C[C@]12CCC(=NNC(N)=S)C[C@@H]1CC[C@@H]1[C@@H]2CC[C@]2(C)[C@H](C3=CC(=O)OC3)CC[C@]12O. The summed E-state index contributed by atoms with van der Waals surface area (Å²) in [4.78, 5) is 11.7. The molecule has 170 valence electrons. The molecule has 1 heterocycles. The minimum Gasteiger partial charge on any atom is -0.458 e. The highest BCUT2D eigenvalue weighted by Gasteiger charge is 2.67. The van der Waals surface area contributed by atoms with Crippen molar-refractivity contribution in [2.24, 2.45) is 45.3 Å². The molecule has 6 nitrogen and oxygen atoms in total. The third-order valence-corrected chi connectivity index (χ3v) is 10.2. The Morgan fingerprint density at radius 3 is 2.74 bits per heavy atom. The molecule has 4 aliphatic carbocycles. The van der Waals surface area contributed by atoms with E-state index in [0.717, 1.165) is 63.4 Å². The summed E-state index contributed by atoms with van der Waals surface area (Å²) < 4.78 is 5.23. The molecule has 1 aliphatic heterocycles. The summed E-state index contributed by atoms with van der Waals surface area (Å²) in [5.74, 6) is 1.52. The van der Waals surface area contributed by atoms with Crippen LogP contribution in [0.2, 0.25) is 0 Å². The maximum absolute atomic E-state index is 12.2. The number of hydrogen-bond donors (Lipinski definition) is 3. The predicted molar refractivity (Wildman–Crippen MR) is 123 cm³/mol. The van der Waals surface area contributed by atoms with Crippen LogP contribution >= 0.6 is 12.2 Å². The van der Waals surface area contributed by atoms with Crippen LogP contribution in [0.15, 0.2) is 16.8 Å². The highest BCUT2D eigenvalue weighted by molar-refractivity contribution is 7.80. The van der Waals surface area contributed by atoms with Crippen LogP contribution < -0.4 is 11.2 Å². The number of aliphatic hydroxyl groups is 1. The van der Waals surface area contributed by atoms with Crippen LogP contribution in [0.5, 0.6) is 0 Å². The van der Waals surface area contributed by atoms with E-state index < -0.39 is 5.60 Å². The number of nitrogens with one attached hydrogen (secondary N) is 1. The Morgan fingerprint density at radius 1 is 1.23 bits per heavy atom. The van der Waals surface area contributed by atoms with E-state index in [9.17, 15) is 9.90 Å². The molecular formula is C24H35N3O3S. The topological polar surface area (TPSA) is 96.9 Å². The zero-order valence-corrected chi connectivity index (χ0v) is 19.5. The maximum atomic E-state index is 12.2. The second-order valence-electron chi connectivity index (χ2n) is 11.1. The van der Waals surface area contributed by atoms with E-state index in [-0.39, 0.29) is 27.8 Å². The summed E-state index contributed by atoms with van der Waals surface area (Å²) in [6, 6.07) is 0. The molecule has 0 saturated heterocycles. The van der Waals surface area contributed by atoms with Crippen molar-refractivity contribution in [2.45, 2.75) is 77.2 Å². The quantitative estimate of drug-likeness (QED) is 0.342. The minimum absolute atomic E-state index is 0.167. The number of cyclic esters (lactones) is 1. The van der Waals surface area contributed by atoms with Crippen molar-refractivity contribution in [2.75, 3.05) is 6.61 Å². The molecule has 0 aromatic heterocycles. The molecule has 31 heavy (non-hydrogen) atoms. The first-order chi connectivity index (χ1) is 14.7. The molecule has 0 aromatic carbocycles. The van der Waals surface area contributed by atoms with Crippen LogP contribution in [0.1, 0.15) is 71.6 Å². The summed E-state index contributed by atoms with van der Waals surface area (Å²) in [5, 5.41) is 16.9. The number of esters is 1. The van der Waals surface area contributed by atoms with Gasteiger partial charge in [0.05, 0.1) is 5.60 Å². The van der Waals surface area contributed by atoms with Gasteiger partial charge in [-0.2, -0.15) is 5.10 Å². The Balaban J connectivity index is 1.39. The lowest BCUT2D eigenvalue weighted by Gasteiger charge is -2.63. The lowest BCUT2D eigenvalue weighted by Crippen LogP contribution is -2.62. The Labute approximate surface area is 190 Å². The van der Waals surface area contributed by atoms with Crippen molar-refractivity contribution < 1.29 is 14.6 Å². The van der Waals surface area contributed by atoms with Gasteiger partial charge in [-0.15, -0.1) is 0 Å². The molecule has 0 bridgehead atoms. The van der Waals surface area contributed by atoms with Crippen LogP contribution in [-0.4, -0.2) is 34.1 Å². The Morgan fingerprint density at radius 2 is 2.03 bits per heavy atom. The van der Waals surface area contributed by atoms with Crippen molar-refractivity contribution in [3.05, 3.63) is 11.6 Å². The van der Waals surface area contributed by atoms with Gasteiger partial charge in [0, 0.05) is 17.2 Å². The summed E-state index contributed by atoms with van der Waals surface area (Å²) in [7, 11) is 0. The average molecular weight is 446 g/mol. The first kappa shape index (κ1) is 21.4. The number of nitrogens with zero attached hydrogens (tertiary/aromatic N) is 1. The minimum atomic E-state index is -0.650. The number of hydrazone groups is 1. The van der Waals surface area contributed by atoms with Crippen molar-refractivity contribution in [3.8, 4) is 0 Å². The normalized spacial score (nSPS) is 47.8. The van der Waals surface area contributed by atoms with E-state index in [1.165, 1.54) is 5.71 Å². The van der Waals surface area contributed by atoms with Crippen molar-refractivity contribution >= 4 is 29.0 Å². The predicted octanol–water partition coefficient (Wildman–Crippen LogP) is 3.43. The van der Waals surface area contributed by atoms with Crippen molar-refractivity contribution in [3.63, 3.8) is 0 Å². The second-order valence-corrected chi connectivity index (χ2v) is 11.6. The fraction of sp³-hybridized carbons (Fsp3) is 0.792. The monoisotopic (exact) mass is 445 g/mol. The molecule has 7 heteroatoms. The van der Waals surface area contributed by atoms with Gasteiger partial charge in [-0.3, -0.25) is 5.43 Å². The number of hydrogen-bond acceptors (Lipinski definition) is 5. The van der Waals surface area contributed by atoms with E-state index in [2.05, 4.69) is 24.4 Å². The third kappa shape index (κ3) is 3.10. The fourth-order valence-corrected chi connectivity index (χ4v) is 8.49. The smallest absolute Gasteiger partial charge is 0.331 e. The molecule has 4 N–H and O–H groups in total. The van der Waals surface area contributed by atoms with Crippen LogP contribution in [0.25, 0.3) is 0 Å². The molecule has 0 aromatic rings. The van der Waals surface area contributed by atoms with Crippen molar-refractivity contribution in [1.82, 2.24) is 5.43 Å². The lowest BCUT2D eigenvalue weighted by atomic mass is 9.43. The Kier molecular flexibility index (Phi) is 5.02. The summed E-state index contributed by atoms with van der Waals surface area (Å²) >= 11 is 4.90. The second kappa shape index (κ2) is 7.27. The van der Waals surface area contributed by atoms with Crippen LogP contribution in [-0.2, 0) is 9.53 Å². The van der Waals surface area contributed by atoms with Crippen LogP contribution in [0, 0.1) is 34.5 Å². The zero-order valence-electron chi connectivity index (χ0n) is 18.7. The lowest BCUT2D eigenvalue weighted by molar-refractivity contribution is -0.200. The first-order valence-electron chi connectivity index (χ1n) is 11.9. The third-order valence-electron chi connectivity index (χ3n) is 10.1. The zero-order chi connectivity index (χ0) is 22.0. The van der Waals surface area contributed by atoms with Gasteiger partial charge in [0.25, 0.3) is 0 Å². The number of nitrogens with two attached hydrogens (primary N) is 1. The standard InChI is InChI=1S/C24H35N3O3S/c1-22-8-5-16(26-27-21(25)31)12-15(22)3-4-19-18(22)6-9-23(2)17(7-10-24(19,23)29)14-11-20(28)30-13-14/h11,15,17-19,29H,3-10,12-13H2,1-2H3,(H3,25,27,31)/t15-,17-,18-,19+,22-,23+,24-/m0/s1. The van der Waals surface area contributed by atoms with E-state index in [1.807, 2.05) is 0 Å². The van der Waals surface area contributed by atoms with Gasteiger partial charge in [0.2, 0.25) is 0 Å². The van der Waals surface area contributed by atoms with Gasteiger partial charge in [-0.05, 0) is 105 Å². The van der Waals surface area contributed by atoms with E-state index in [1.54, 1.807) is 6.08 Å². The molecule has 4 saturated carbocycles. The highest BCUT2D eigenvalue weighted by Crippen LogP contribution is 2.69. The van der Waals surface area contributed by atoms with Gasteiger partial charge >= 0.3 is 5.97 Å². The number of rotatable bonds is 2. The van der Waals surface area contributed by atoms with E-state index in [4.69, 9.17) is 22.7 Å². The molecule has 0 amide bonds. The summed E-state index contributed by atoms with van der Waals surface area (Å²) in [6.45, 7) is 5.16. The summed E-state index contributed by atoms with van der Waals surface area (Å²) in [6.07, 6.45) is 11.0. The average Bonchev–Trinajstić information content (AvgIpc) is 3.26. The Hall–Kier alpha value is -1.47. The van der Waals surface area contributed by atoms with Crippen LogP contribution in [0.3, 0.4) is 0 Å². The molecule has 0 radical (unpaired) electrons. The van der Waals surface area contributed by atoms with Crippen LogP contribution in [0.4, 0.5) is 0 Å². The number of thiocarbonyl (C=S) groups is 1. The van der Waals surface area contributed by atoms with Gasteiger partial charge in [0.15, 0.2) is 5.11 Å². The van der Waals surface area contributed by atoms with Gasteiger partial charge in [-0.25, -0.2) is 4.79 Å². The molecule has 4 fully saturated rings. The Bertz CT molecular complexity index is 872. The number of ether oxygens (including phenoxy) is 1. The van der Waals surface area contributed by atoms with E-state index in [0.29, 0.717) is 24.4 Å². The molecule has 5 rings (SSSR count). The molecule has 7 atom stereocenters. The largest absolute Gasteiger partial charge is 0.458 e. The van der Waals surface area contributed by atoms with Gasteiger partial charge in [-0.1, -0.05) is 13.8 Å². The van der Waals surface area contributed by atoms with E-state index >= 15 is 0 Å². The molecule has 0 unspecified atom stereocenters. The van der Waals surface area contributed by atoms with Crippen molar-refractivity contribution in [1.29, 1.82) is 0 Å². The highest BCUT2D eigenvalue weighted by atomic mass is 32.1. The first-order valence-corrected chi connectivity index (χ1v) is 12.3. The molecule has 0 spiro atoms. The number of carbonyl (C=O) groups excluding carboxylic acids is 1. The fourth-order valence-electron chi connectivity index (χ4n) is 8.45. The molecular weight excluding hydrogens is 410 g/mol. The number of carbonyl (C=O) groups is 1. The molecule has 5 aliphatic rings. The summed E-state index contributed by atoms with van der Waals surface area (Å²) in [5.41, 5.74) is 10.0. The van der Waals surface area contributed by atoms with Gasteiger partial charge in [0.1, 0.15) is 6.61 Å². The van der Waals surface area contributed by atoms with Gasteiger partial charge < -0.3 is 15.6 Å².